The second kappa shape index (κ2) is 4.20. The van der Waals surface area contributed by atoms with Crippen LogP contribution in [-0.2, 0) is 9.05 Å². The van der Waals surface area contributed by atoms with E-state index in [0.717, 1.165) is 0 Å². The maximum Gasteiger partial charge on any atom is 0.278 e. The molecule has 0 N–H and O–H groups in total. The van der Waals surface area contributed by atoms with Gasteiger partial charge in [0.05, 0.1) is 23.5 Å². The van der Waals surface area contributed by atoms with E-state index < -0.39 is 9.05 Å². The van der Waals surface area contributed by atoms with E-state index in [-0.39, 0.29) is 5.03 Å². The van der Waals surface area contributed by atoms with E-state index in [4.69, 9.17) is 15.9 Å². The zero-order valence-electron chi connectivity index (χ0n) is 8.41. The number of benzene rings is 1. The average molecular weight is 268 g/mol. The van der Waals surface area contributed by atoms with Crippen molar-refractivity contribution in [1.82, 2.24) is 9.78 Å². The van der Waals surface area contributed by atoms with Gasteiger partial charge in [0.15, 0.2) is 5.03 Å². The summed E-state index contributed by atoms with van der Waals surface area (Å²) in [7, 11) is 1.41. The van der Waals surface area contributed by atoms with Gasteiger partial charge < -0.3 is 0 Å². The number of rotatable bonds is 2. The third-order valence-corrected chi connectivity index (χ3v) is 3.36. The van der Waals surface area contributed by atoms with Gasteiger partial charge in [0, 0.05) is 10.7 Å². The van der Waals surface area contributed by atoms with Crippen molar-refractivity contribution < 1.29 is 8.42 Å². The van der Waals surface area contributed by atoms with Crippen molar-refractivity contribution in [3.8, 4) is 11.8 Å². The first-order chi connectivity index (χ1) is 8.02. The van der Waals surface area contributed by atoms with Crippen molar-refractivity contribution in [1.29, 1.82) is 5.26 Å². The first-order valence-electron chi connectivity index (χ1n) is 4.51. The van der Waals surface area contributed by atoms with Gasteiger partial charge >= 0.3 is 0 Å². The van der Waals surface area contributed by atoms with Crippen molar-refractivity contribution >= 4 is 19.7 Å². The molecular weight excluding hydrogens is 262 g/mol. The van der Waals surface area contributed by atoms with Crippen LogP contribution in [0.4, 0.5) is 0 Å². The molecule has 0 aliphatic carbocycles. The van der Waals surface area contributed by atoms with E-state index in [9.17, 15) is 8.42 Å². The Morgan fingerprint density at radius 3 is 2.76 bits per heavy atom. The molecule has 5 nitrogen and oxygen atoms in total. The Labute approximate surface area is 102 Å². The molecule has 2 rings (SSSR count). The van der Waals surface area contributed by atoms with Crippen LogP contribution in [0.3, 0.4) is 0 Å². The van der Waals surface area contributed by atoms with Gasteiger partial charge in [-0.3, -0.25) is 0 Å². The highest BCUT2D eigenvalue weighted by atomic mass is 35.7. The third kappa shape index (κ3) is 2.30. The Bertz CT molecular complexity index is 700. The van der Waals surface area contributed by atoms with Gasteiger partial charge in [0.25, 0.3) is 9.05 Å². The number of halogens is 1. The van der Waals surface area contributed by atoms with Gasteiger partial charge in [-0.2, -0.15) is 10.4 Å². The molecule has 0 atom stereocenters. The zero-order chi connectivity index (χ0) is 12.5. The van der Waals surface area contributed by atoms with Crippen LogP contribution in [0.5, 0.6) is 0 Å². The Hall–Kier alpha value is -1.84. The summed E-state index contributed by atoms with van der Waals surface area (Å²) >= 11 is 0. The van der Waals surface area contributed by atoms with Crippen LogP contribution in [-0.4, -0.2) is 18.2 Å². The molecule has 0 amide bonds. The molecule has 0 spiro atoms. The Kier molecular flexibility index (Phi) is 2.88. The lowest BCUT2D eigenvalue weighted by molar-refractivity contribution is 0.600. The van der Waals surface area contributed by atoms with E-state index in [1.807, 2.05) is 6.07 Å². The maximum absolute atomic E-state index is 11.3. The molecule has 0 unspecified atom stereocenters. The van der Waals surface area contributed by atoms with Crippen molar-refractivity contribution in [2.24, 2.45) is 0 Å². The van der Waals surface area contributed by atoms with Crippen LogP contribution in [0.2, 0.25) is 0 Å². The molecule has 1 aromatic heterocycles. The molecule has 1 heterocycles. The standard InChI is InChI=1S/C10H6ClN3O2S/c11-17(15,16)10-4-5-13-14(10)9-3-1-2-8(6-9)7-12/h1-6H. The van der Waals surface area contributed by atoms with Crippen molar-refractivity contribution in [2.75, 3.05) is 0 Å². The molecule has 0 saturated heterocycles. The second-order valence-electron chi connectivity index (χ2n) is 3.18. The number of aromatic nitrogens is 2. The number of hydrogen-bond donors (Lipinski definition) is 0. The molecule has 2 aromatic rings. The zero-order valence-corrected chi connectivity index (χ0v) is 9.98. The van der Waals surface area contributed by atoms with Crippen molar-refractivity contribution in [2.45, 2.75) is 5.03 Å². The lowest BCUT2D eigenvalue weighted by Crippen LogP contribution is -2.04. The Morgan fingerprint density at radius 2 is 2.12 bits per heavy atom. The normalized spacial score (nSPS) is 11.1. The van der Waals surface area contributed by atoms with Crippen molar-refractivity contribution in [3.63, 3.8) is 0 Å². The lowest BCUT2D eigenvalue weighted by Gasteiger charge is -2.04. The summed E-state index contributed by atoms with van der Waals surface area (Å²) in [5, 5.41) is 12.5. The second-order valence-corrected chi connectivity index (χ2v) is 5.69. The molecule has 0 bridgehead atoms. The van der Waals surface area contributed by atoms with Crippen LogP contribution < -0.4 is 0 Å². The highest BCUT2D eigenvalue weighted by Crippen LogP contribution is 2.19. The minimum absolute atomic E-state index is 0.130. The summed E-state index contributed by atoms with van der Waals surface area (Å²) in [6.45, 7) is 0. The lowest BCUT2D eigenvalue weighted by atomic mass is 10.2. The quantitative estimate of drug-likeness (QED) is 0.776. The van der Waals surface area contributed by atoms with Gasteiger partial charge in [-0.05, 0) is 24.3 Å². The highest BCUT2D eigenvalue weighted by molar-refractivity contribution is 8.13. The SMILES string of the molecule is N#Cc1cccc(-n2nccc2S(=O)(=O)Cl)c1. The van der Waals surface area contributed by atoms with Crippen LogP contribution >= 0.6 is 10.7 Å². The molecule has 0 fully saturated rings. The molecule has 86 valence electrons. The predicted octanol–water partition coefficient (Wildman–Crippen LogP) is 1.67. The summed E-state index contributed by atoms with van der Waals surface area (Å²) in [4.78, 5) is 0. The summed E-state index contributed by atoms with van der Waals surface area (Å²) in [5.41, 5.74) is 0.879. The minimum Gasteiger partial charge on any atom is -0.221 e. The molecule has 0 radical (unpaired) electrons. The summed E-state index contributed by atoms with van der Waals surface area (Å²) in [5.74, 6) is 0. The number of hydrogen-bond acceptors (Lipinski definition) is 4. The molecule has 0 aliphatic heterocycles. The van der Waals surface area contributed by atoms with Crippen LogP contribution in [0.15, 0.2) is 41.6 Å². The molecule has 1 aromatic carbocycles. The number of nitriles is 1. The fraction of sp³-hybridized carbons (Fsp3) is 0. The Balaban J connectivity index is 2.63. The number of nitrogens with zero attached hydrogens (tertiary/aromatic N) is 3. The van der Waals surface area contributed by atoms with Crippen LogP contribution in [0.1, 0.15) is 5.56 Å². The summed E-state index contributed by atoms with van der Waals surface area (Å²) < 4.78 is 23.7. The monoisotopic (exact) mass is 267 g/mol. The highest BCUT2D eigenvalue weighted by Gasteiger charge is 2.17. The van der Waals surface area contributed by atoms with Gasteiger partial charge in [-0.1, -0.05) is 6.07 Å². The largest absolute Gasteiger partial charge is 0.278 e. The average Bonchev–Trinajstić information content (AvgIpc) is 2.77. The fourth-order valence-corrected chi connectivity index (χ4v) is 2.31. The van der Waals surface area contributed by atoms with Crippen LogP contribution in [0, 0.1) is 11.3 Å². The molecule has 7 heteroatoms. The first-order valence-corrected chi connectivity index (χ1v) is 6.82. The van der Waals surface area contributed by atoms with E-state index in [2.05, 4.69) is 5.10 Å². The first kappa shape index (κ1) is 11.6. The third-order valence-electron chi connectivity index (χ3n) is 2.08. The maximum atomic E-state index is 11.3. The van der Waals surface area contributed by atoms with Crippen LogP contribution in [0.25, 0.3) is 5.69 Å². The van der Waals surface area contributed by atoms with Gasteiger partial charge in [-0.15, -0.1) is 0 Å². The minimum atomic E-state index is -3.87. The molecule has 17 heavy (non-hydrogen) atoms. The van der Waals surface area contributed by atoms with Crippen molar-refractivity contribution in [3.05, 3.63) is 42.1 Å². The Morgan fingerprint density at radius 1 is 1.35 bits per heavy atom. The fourth-order valence-electron chi connectivity index (χ4n) is 1.38. The summed E-state index contributed by atoms with van der Waals surface area (Å²) in [6, 6.07) is 9.67. The summed E-state index contributed by atoms with van der Waals surface area (Å²) in [6.07, 6.45) is 1.33. The van der Waals surface area contributed by atoms with E-state index in [0.29, 0.717) is 11.3 Å². The smallest absolute Gasteiger partial charge is 0.221 e. The molecule has 0 saturated carbocycles. The van der Waals surface area contributed by atoms with E-state index in [1.165, 1.54) is 23.0 Å². The molecular formula is C10H6ClN3O2S. The predicted molar refractivity (Wildman–Crippen MR) is 61.3 cm³/mol. The topological polar surface area (TPSA) is 75.8 Å². The van der Waals surface area contributed by atoms with E-state index in [1.54, 1.807) is 18.2 Å². The van der Waals surface area contributed by atoms with Gasteiger partial charge in [0.2, 0.25) is 0 Å². The van der Waals surface area contributed by atoms with Gasteiger partial charge in [0.1, 0.15) is 0 Å². The van der Waals surface area contributed by atoms with E-state index >= 15 is 0 Å². The molecule has 0 aliphatic rings. The van der Waals surface area contributed by atoms with Gasteiger partial charge in [-0.25, -0.2) is 13.1 Å².